The van der Waals surface area contributed by atoms with Crippen LogP contribution in [0.15, 0.2) is 0 Å². The van der Waals surface area contributed by atoms with Crippen LogP contribution in [0.5, 0.6) is 0 Å². The van der Waals surface area contributed by atoms with Crippen LogP contribution in [0, 0.1) is 0 Å². The molecule has 0 radical (unpaired) electrons. The molecular weight excluding hydrogens is 340 g/mol. The van der Waals surface area contributed by atoms with Crippen molar-refractivity contribution in [3.8, 4) is 0 Å². The van der Waals surface area contributed by atoms with E-state index in [9.17, 15) is 0 Å². The summed E-state index contributed by atoms with van der Waals surface area (Å²) in [7, 11) is 3.44. The van der Waals surface area contributed by atoms with E-state index in [2.05, 4.69) is 7.44 Å². The van der Waals surface area contributed by atoms with Crippen LogP contribution in [0.2, 0.25) is 0 Å². The van der Waals surface area contributed by atoms with Gasteiger partial charge in [0, 0.05) is 19.5 Å². The van der Waals surface area contributed by atoms with Crippen molar-refractivity contribution in [2.45, 2.75) is 0 Å². The second-order valence-corrected chi connectivity index (χ2v) is 0. The van der Waals surface area contributed by atoms with Crippen LogP contribution < -0.4 is 0 Å². The first-order valence-corrected chi connectivity index (χ1v) is 3.00. The van der Waals surface area contributed by atoms with Crippen LogP contribution in [0.1, 0.15) is 0 Å². The molecule has 0 atom stereocenters. The maximum absolute atomic E-state index is 2.14. The molecule has 0 spiro atoms. The predicted molar refractivity (Wildman–Crippen MR) is 38.4 cm³/mol. The van der Waals surface area contributed by atoms with Crippen LogP contribution in [0.4, 0.5) is 0 Å². The van der Waals surface area contributed by atoms with Gasteiger partial charge >= 0.3 is 26.2 Å². The Hall–Kier alpha value is 2.32. The maximum atomic E-state index is 2.14. The molecule has 0 aliphatic carbocycles. The third-order valence-electron chi connectivity index (χ3n) is 0. The van der Waals surface area contributed by atoms with Gasteiger partial charge in [0.15, 0.2) is 17.4 Å². The van der Waals surface area contributed by atoms with E-state index in [1.807, 2.05) is 0 Å². The number of rotatable bonds is 0. The van der Waals surface area contributed by atoms with Crippen LogP contribution in [0.25, 0.3) is 0 Å². The minimum atomic E-state index is 0. The standard InChI is InChI=1S/Al.BH5Si.Bi.Zn.6H/c;1-2;;;;;;;;/h;1H2,2H3;;;;;;;;. The van der Waals surface area contributed by atoms with Gasteiger partial charge < -0.3 is 0 Å². The van der Waals surface area contributed by atoms with E-state index in [1.54, 1.807) is 0 Å². The summed E-state index contributed by atoms with van der Waals surface area (Å²) in [5.41, 5.74) is 0. The molecule has 0 saturated carbocycles. The fourth-order valence-electron chi connectivity index (χ4n) is 0. The van der Waals surface area contributed by atoms with Crippen LogP contribution in [0.3, 0.4) is 0 Å². The topological polar surface area (TPSA) is 0 Å². The predicted octanol–water partition coefficient (Wildman–Crippen LogP) is -4.47. The van der Waals surface area contributed by atoms with Crippen molar-refractivity contribution >= 4 is 61.1 Å². The first-order valence-electron chi connectivity index (χ1n) is 1.00. The third-order valence-corrected chi connectivity index (χ3v) is 0. The Morgan fingerprint density at radius 3 is 1.20 bits per heavy atom. The summed E-state index contributed by atoms with van der Waals surface area (Å²) in [5, 5.41) is 0. The van der Waals surface area contributed by atoms with Crippen LogP contribution in [-0.4, -0.2) is 61.1 Å². The van der Waals surface area contributed by atoms with Gasteiger partial charge in [0.1, 0.15) is 0 Å². The molecule has 5 heteroatoms. The van der Waals surface area contributed by atoms with Crippen molar-refractivity contribution in [3.63, 3.8) is 0 Å². The Labute approximate surface area is 79.6 Å². The first kappa shape index (κ1) is 26.5. The molecule has 0 aromatic heterocycles. The van der Waals surface area contributed by atoms with Crippen molar-refractivity contribution in [1.82, 2.24) is 0 Å². The Morgan fingerprint density at radius 2 is 1.20 bits per heavy atom. The van der Waals surface area contributed by atoms with Gasteiger partial charge in [-0.05, 0) is 10.1 Å². The summed E-state index contributed by atoms with van der Waals surface area (Å²) in [5.74, 6) is 0. The summed E-state index contributed by atoms with van der Waals surface area (Å²) in [6.07, 6.45) is 0. The number of hydrogen-bond acceptors (Lipinski definition) is 0. The second kappa shape index (κ2) is 33.2. The van der Waals surface area contributed by atoms with Crippen molar-refractivity contribution < 1.29 is 19.5 Å². The van der Waals surface area contributed by atoms with E-state index in [4.69, 9.17) is 0 Å². The molecule has 0 aromatic carbocycles. The van der Waals surface area contributed by atoms with E-state index < -0.39 is 0 Å². The normalized spacial score (nSPS) is 1.60. The summed E-state index contributed by atoms with van der Waals surface area (Å²) in [6, 6.07) is 0. The zero-order valence-electron chi connectivity index (χ0n) is 3.41. The van der Waals surface area contributed by atoms with Crippen molar-refractivity contribution in [1.29, 1.82) is 0 Å². The van der Waals surface area contributed by atoms with Crippen molar-refractivity contribution in [2.24, 2.45) is 0 Å². The molecule has 0 fully saturated rings. The molecule has 0 N–H and O–H groups in total. The summed E-state index contributed by atoms with van der Waals surface area (Å²) >= 11 is 0. The number of hydrogen-bond donors (Lipinski definition) is 0. The van der Waals surface area contributed by atoms with Gasteiger partial charge in [-0.15, -0.1) is 0 Å². The molecule has 0 saturated heterocycles. The van der Waals surface area contributed by atoms with Gasteiger partial charge in [-0.25, -0.2) is 0 Å². The molecular formula is H11AlBBiSiZn. The minimum absolute atomic E-state index is 0. The van der Waals surface area contributed by atoms with Gasteiger partial charge in [-0.2, -0.15) is 0 Å². The minimum Gasteiger partial charge on any atom is 0 e. The van der Waals surface area contributed by atoms with Gasteiger partial charge in [0.05, 0.1) is 7.44 Å². The van der Waals surface area contributed by atoms with Gasteiger partial charge in [0.25, 0.3) is 0 Å². The van der Waals surface area contributed by atoms with Crippen molar-refractivity contribution in [3.05, 3.63) is 0 Å². The Kier molecular flexibility index (Phi) is 176. The van der Waals surface area contributed by atoms with E-state index in [1.165, 1.54) is 10.1 Å². The third kappa shape index (κ3) is 21.9. The maximum Gasteiger partial charge on any atom is 0 e. The molecule has 5 heavy (non-hydrogen) atoms. The summed E-state index contributed by atoms with van der Waals surface area (Å²) in [4.78, 5) is 0. The van der Waals surface area contributed by atoms with E-state index >= 15 is 0 Å². The molecule has 0 bridgehead atoms. The molecule has 0 nitrogen and oxygen atoms in total. The summed E-state index contributed by atoms with van der Waals surface area (Å²) in [6.45, 7) is 0. The Balaban J connectivity index is -0.00000000167. The van der Waals surface area contributed by atoms with Gasteiger partial charge in [-0.3, -0.25) is 0 Å². The average molecular weight is 351 g/mol. The second-order valence-electron chi connectivity index (χ2n) is 0. The van der Waals surface area contributed by atoms with E-state index in [0.717, 1.165) is 0 Å². The van der Waals surface area contributed by atoms with E-state index in [0.29, 0.717) is 0 Å². The Bertz CT molecular complexity index is 11.6. The molecule has 0 aliphatic heterocycles. The largest absolute Gasteiger partial charge is 0 e. The summed E-state index contributed by atoms with van der Waals surface area (Å²) < 4.78 is 0. The fourth-order valence-corrected chi connectivity index (χ4v) is 0. The molecule has 28 valence electrons. The SMILES string of the molecule is B[SiH3].[AlH3].[BiH3].[Zn]. The zero-order chi connectivity index (χ0) is 2.00. The first-order chi connectivity index (χ1) is 1.00. The molecule has 0 unspecified atom stereocenters. The van der Waals surface area contributed by atoms with Gasteiger partial charge in [-0.1, -0.05) is 0 Å². The quantitative estimate of drug-likeness (QED) is 0.386. The average Bonchev–Trinajstić information content (AvgIpc) is 1.00. The fraction of sp³-hybridized carbons (Fsp3) is 0. The Morgan fingerprint density at radius 1 is 1.20 bits per heavy atom. The van der Waals surface area contributed by atoms with E-state index in [-0.39, 0.29) is 63.0 Å². The van der Waals surface area contributed by atoms with Gasteiger partial charge in [0.2, 0.25) is 0 Å². The molecule has 0 amide bonds. The molecule has 0 aliphatic rings. The molecule has 0 heterocycles. The zero-order valence-corrected chi connectivity index (χ0v) is 13.9. The monoisotopic (exact) mass is 350 g/mol. The van der Waals surface area contributed by atoms with Crippen molar-refractivity contribution in [2.75, 3.05) is 0 Å². The van der Waals surface area contributed by atoms with Crippen LogP contribution >= 0.6 is 0 Å². The molecule has 0 rings (SSSR count). The molecule has 0 aromatic rings. The smallest absolute Gasteiger partial charge is 0 e. The van der Waals surface area contributed by atoms with Crippen LogP contribution in [-0.2, 0) is 19.5 Å².